The maximum absolute atomic E-state index is 12.7. The summed E-state index contributed by atoms with van der Waals surface area (Å²) in [5, 5.41) is 0.844. The van der Waals surface area contributed by atoms with Crippen molar-refractivity contribution in [2.24, 2.45) is 4.99 Å². The Morgan fingerprint density at radius 2 is 1.43 bits per heavy atom. The van der Waals surface area contributed by atoms with Gasteiger partial charge in [-0.2, -0.15) is 0 Å². The second-order valence-corrected chi connectivity index (χ2v) is 9.76. The molecule has 0 N–H and O–H groups in total. The third-order valence-electron chi connectivity index (χ3n) is 5.99. The Hall–Kier alpha value is -2.59. The first kappa shape index (κ1) is 25.5. The molecule has 35 heavy (non-hydrogen) atoms. The molecule has 2 aliphatic heterocycles. The monoisotopic (exact) mass is 500 g/mol. The number of Topliss-reactive ketones (excluding diaryl/α,β-unsaturated/α-hetero) is 1. The van der Waals surface area contributed by atoms with Gasteiger partial charge in [-0.25, -0.2) is 0 Å². The number of benzene rings is 2. The van der Waals surface area contributed by atoms with E-state index < -0.39 is 18.3 Å². The van der Waals surface area contributed by atoms with Crippen molar-refractivity contribution in [3.8, 4) is 11.5 Å². The van der Waals surface area contributed by atoms with Crippen molar-refractivity contribution in [2.75, 3.05) is 28.3 Å². The van der Waals surface area contributed by atoms with E-state index in [1.54, 1.807) is 14.2 Å². The molecule has 2 aromatic rings. The number of methoxy groups -OCH3 is 2. The van der Waals surface area contributed by atoms with Crippen molar-refractivity contribution >= 4 is 22.7 Å². The van der Waals surface area contributed by atoms with Crippen LogP contribution in [0.5, 0.6) is 11.5 Å². The summed E-state index contributed by atoms with van der Waals surface area (Å²) in [7, 11) is 7.15. The average Bonchev–Trinajstić information content (AvgIpc) is 3.31. The van der Waals surface area contributed by atoms with Crippen LogP contribution in [0.1, 0.15) is 18.1 Å². The fraction of sp³-hybridized carbons (Fsp3) is 0.462. The van der Waals surface area contributed by atoms with Crippen LogP contribution in [0, 0.1) is 0 Å². The van der Waals surface area contributed by atoms with Crippen LogP contribution in [-0.4, -0.2) is 74.0 Å². The summed E-state index contributed by atoms with van der Waals surface area (Å²) < 4.78 is 29.5. The molecule has 188 valence electrons. The number of aliphatic imine (C=N–C) groups is 1. The van der Waals surface area contributed by atoms with Crippen LogP contribution in [0.25, 0.3) is 0 Å². The lowest BCUT2D eigenvalue weighted by Crippen LogP contribution is -2.58. The van der Waals surface area contributed by atoms with Gasteiger partial charge in [0, 0.05) is 14.1 Å². The van der Waals surface area contributed by atoms with Crippen molar-refractivity contribution in [1.82, 2.24) is 4.90 Å². The molecule has 4 rings (SSSR count). The van der Waals surface area contributed by atoms with Crippen LogP contribution < -0.4 is 9.47 Å². The highest BCUT2D eigenvalue weighted by Gasteiger charge is 2.52. The zero-order valence-corrected chi connectivity index (χ0v) is 21.5. The SMILES string of the molecule is COc1ccc(CO[C@@H]2[C@H]3N=C(N(C)C)S[C@H]3O[C@@H](C(C)=O)[C@H]2OCc2ccc(OC)cc2)cc1. The zero-order valence-electron chi connectivity index (χ0n) is 20.7. The van der Waals surface area contributed by atoms with Crippen LogP contribution in [0.4, 0.5) is 0 Å². The number of carbonyl (C=O) groups is 1. The van der Waals surface area contributed by atoms with Gasteiger partial charge < -0.3 is 28.6 Å². The molecular formula is C26H32N2O6S. The van der Waals surface area contributed by atoms with Gasteiger partial charge in [0.15, 0.2) is 11.0 Å². The molecule has 8 nitrogen and oxygen atoms in total. The minimum Gasteiger partial charge on any atom is -0.497 e. The van der Waals surface area contributed by atoms with E-state index in [0.29, 0.717) is 13.2 Å². The fourth-order valence-electron chi connectivity index (χ4n) is 4.07. The number of ketones is 1. The molecule has 0 unspecified atom stereocenters. The number of carbonyl (C=O) groups excluding carboxylic acids is 1. The first-order valence-electron chi connectivity index (χ1n) is 11.5. The van der Waals surface area contributed by atoms with Crippen LogP contribution in [0.3, 0.4) is 0 Å². The summed E-state index contributed by atoms with van der Waals surface area (Å²) in [6.45, 7) is 2.18. The summed E-state index contributed by atoms with van der Waals surface area (Å²) >= 11 is 1.51. The molecule has 2 heterocycles. The Bertz CT molecular complexity index is 1030. The molecule has 2 aliphatic rings. The maximum atomic E-state index is 12.7. The third-order valence-corrected chi connectivity index (χ3v) is 7.29. The molecule has 0 aliphatic carbocycles. The summed E-state index contributed by atoms with van der Waals surface area (Å²) in [5.74, 6) is 1.46. The third kappa shape index (κ3) is 5.98. The molecule has 0 saturated carbocycles. The molecule has 0 spiro atoms. The number of thioether (sulfide) groups is 1. The van der Waals surface area contributed by atoms with Gasteiger partial charge in [0.25, 0.3) is 0 Å². The second kappa shape index (κ2) is 11.4. The molecule has 0 radical (unpaired) electrons. The van der Waals surface area contributed by atoms with Gasteiger partial charge in [-0.1, -0.05) is 36.0 Å². The molecule has 0 bridgehead atoms. The van der Waals surface area contributed by atoms with E-state index in [4.69, 9.17) is 28.7 Å². The quantitative estimate of drug-likeness (QED) is 0.518. The van der Waals surface area contributed by atoms with Gasteiger partial charge in [0.1, 0.15) is 41.3 Å². The average molecular weight is 501 g/mol. The molecule has 0 amide bonds. The summed E-state index contributed by atoms with van der Waals surface area (Å²) in [6, 6.07) is 15.1. The van der Waals surface area contributed by atoms with Crippen molar-refractivity contribution in [3.63, 3.8) is 0 Å². The van der Waals surface area contributed by atoms with E-state index in [1.807, 2.05) is 67.5 Å². The Kier molecular flexibility index (Phi) is 8.33. The Balaban J connectivity index is 1.57. The number of ether oxygens (including phenoxy) is 5. The largest absolute Gasteiger partial charge is 0.497 e. The van der Waals surface area contributed by atoms with Gasteiger partial charge >= 0.3 is 0 Å². The highest BCUT2D eigenvalue weighted by atomic mass is 32.2. The lowest BCUT2D eigenvalue weighted by Gasteiger charge is -2.41. The molecular weight excluding hydrogens is 468 g/mol. The minimum absolute atomic E-state index is 0.0971. The van der Waals surface area contributed by atoms with Crippen molar-refractivity contribution < 1.29 is 28.5 Å². The van der Waals surface area contributed by atoms with Gasteiger partial charge in [0.2, 0.25) is 0 Å². The van der Waals surface area contributed by atoms with E-state index >= 15 is 0 Å². The molecule has 1 saturated heterocycles. The molecule has 9 heteroatoms. The summed E-state index contributed by atoms with van der Waals surface area (Å²) in [5.41, 5.74) is 1.63. The topological polar surface area (TPSA) is 78.8 Å². The van der Waals surface area contributed by atoms with Gasteiger partial charge in [-0.05, 0) is 42.3 Å². The predicted molar refractivity (Wildman–Crippen MR) is 135 cm³/mol. The van der Waals surface area contributed by atoms with E-state index in [1.165, 1.54) is 18.7 Å². The van der Waals surface area contributed by atoms with E-state index in [0.717, 1.165) is 27.8 Å². The number of fused-ring (bicyclic) bond motifs is 1. The minimum atomic E-state index is -0.750. The Morgan fingerprint density at radius 1 is 0.914 bits per heavy atom. The number of amidine groups is 1. The van der Waals surface area contributed by atoms with Crippen molar-refractivity contribution in [3.05, 3.63) is 59.7 Å². The lowest BCUT2D eigenvalue weighted by molar-refractivity contribution is -0.198. The fourth-order valence-corrected chi connectivity index (χ4v) is 5.20. The van der Waals surface area contributed by atoms with Gasteiger partial charge in [-0.15, -0.1) is 0 Å². The van der Waals surface area contributed by atoms with E-state index in [2.05, 4.69) is 0 Å². The standard InChI is InChI=1S/C26H32N2O6S/c1-16(29)22-24(33-15-18-8-12-20(31-5)13-9-18)23(21-25(34-22)35-26(27-21)28(2)3)32-14-17-6-10-19(30-4)11-7-17/h6-13,21-25H,14-15H2,1-5H3/t21-,22+,23-,24-,25-/m1/s1. The zero-order chi connectivity index (χ0) is 24.9. The highest BCUT2D eigenvalue weighted by molar-refractivity contribution is 8.14. The van der Waals surface area contributed by atoms with Crippen LogP contribution >= 0.6 is 11.8 Å². The molecule has 1 fully saturated rings. The lowest BCUT2D eigenvalue weighted by atomic mass is 9.95. The van der Waals surface area contributed by atoms with Crippen LogP contribution in [-0.2, 0) is 32.2 Å². The summed E-state index contributed by atoms with van der Waals surface area (Å²) in [6.07, 6.45) is -1.83. The second-order valence-electron chi connectivity index (χ2n) is 8.70. The van der Waals surface area contributed by atoms with E-state index in [-0.39, 0.29) is 17.3 Å². The Labute approximate surface area is 210 Å². The van der Waals surface area contributed by atoms with Crippen LogP contribution in [0.2, 0.25) is 0 Å². The highest BCUT2D eigenvalue weighted by Crippen LogP contribution is 2.40. The molecule has 5 atom stereocenters. The van der Waals surface area contributed by atoms with Gasteiger partial charge in [-0.3, -0.25) is 9.79 Å². The van der Waals surface area contributed by atoms with Crippen molar-refractivity contribution in [2.45, 2.75) is 49.9 Å². The van der Waals surface area contributed by atoms with Crippen molar-refractivity contribution in [1.29, 1.82) is 0 Å². The van der Waals surface area contributed by atoms with Gasteiger partial charge in [0.05, 0.1) is 27.4 Å². The predicted octanol–water partition coefficient (Wildman–Crippen LogP) is 3.52. The first-order chi connectivity index (χ1) is 16.9. The molecule has 2 aromatic carbocycles. The number of rotatable bonds is 9. The first-order valence-corrected chi connectivity index (χ1v) is 12.3. The summed E-state index contributed by atoms with van der Waals surface area (Å²) in [4.78, 5) is 19.5. The maximum Gasteiger partial charge on any atom is 0.161 e. The number of hydrogen-bond donors (Lipinski definition) is 0. The normalized spacial score (nSPS) is 25.5. The number of nitrogens with zero attached hydrogens (tertiary/aromatic N) is 2. The van der Waals surface area contributed by atoms with Crippen LogP contribution in [0.15, 0.2) is 53.5 Å². The van der Waals surface area contributed by atoms with E-state index in [9.17, 15) is 4.79 Å². The smallest absolute Gasteiger partial charge is 0.161 e. The number of hydrogen-bond acceptors (Lipinski definition) is 9. The molecule has 0 aromatic heterocycles. The Morgan fingerprint density at radius 3 is 1.89 bits per heavy atom.